The molecule has 0 fully saturated rings. The Balaban J connectivity index is 2.59. The van der Waals surface area contributed by atoms with E-state index in [2.05, 4.69) is 13.0 Å². The third-order valence-corrected chi connectivity index (χ3v) is 3.57. The van der Waals surface area contributed by atoms with E-state index in [9.17, 15) is 0 Å². The average molecular weight is 230 g/mol. The Morgan fingerprint density at radius 3 is 2.79 bits per heavy atom. The molecule has 0 radical (unpaired) electrons. The Morgan fingerprint density at radius 1 is 1.43 bits per heavy atom. The van der Waals surface area contributed by atoms with Crippen molar-refractivity contribution in [3.8, 4) is 0 Å². The van der Waals surface area contributed by atoms with Crippen LogP contribution in [0.25, 0.3) is 0 Å². The van der Waals surface area contributed by atoms with Crippen LogP contribution >= 0.6 is 23.4 Å². The van der Waals surface area contributed by atoms with E-state index in [-0.39, 0.29) is 0 Å². The molecule has 0 aromatic heterocycles. The molecule has 0 bridgehead atoms. The molecule has 0 aliphatic heterocycles. The predicted octanol–water partition coefficient (Wildman–Crippen LogP) is 3.69. The number of halogens is 1. The van der Waals surface area contributed by atoms with Crippen LogP contribution in [0, 0.1) is 0 Å². The first-order valence-corrected chi connectivity index (χ1v) is 6.25. The molecule has 3 heteroatoms. The van der Waals surface area contributed by atoms with Crippen molar-refractivity contribution in [3.63, 3.8) is 0 Å². The first-order chi connectivity index (χ1) is 6.77. The normalized spacial score (nSPS) is 10.5. The monoisotopic (exact) mass is 229 g/mol. The molecule has 78 valence electrons. The van der Waals surface area contributed by atoms with Crippen LogP contribution in [0.2, 0.25) is 5.02 Å². The zero-order chi connectivity index (χ0) is 10.4. The lowest BCUT2D eigenvalue weighted by molar-refractivity contribution is 0.896. The molecular formula is C11H16ClNS. The highest BCUT2D eigenvalue weighted by atomic mass is 35.5. The Bertz CT molecular complexity index is 289. The topological polar surface area (TPSA) is 26.0 Å². The number of rotatable bonds is 5. The summed E-state index contributed by atoms with van der Waals surface area (Å²) < 4.78 is 0. The summed E-state index contributed by atoms with van der Waals surface area (Å²) in [5, 5.41) is 0.828. The fraction of sp³-hybridized carbons (Fsp3) is 0.455. The van der Waals surface area contributed by atoms with Crippen molar-refractivity contribution in [2.75, 3.05) is 5.75 Å². The molecule has 1 rings (SSSR count). The van der Waals surface area contributed by atoms with Gasteiger partial charge in [0.2, 0.25) is 0 Å². The van der Waals surface area contributed by atoms with Crippen molar-refractivity contribution in [1.29, 1.82) is 0 Å². The molecule has 0 atom stereocenters. The number of hydrogen-bond donors (Lipinski definition) is 1. The second-order valence-electron chi connectivity index (χ2n) is 3.17. The van der Waals surface area contributed by atoms with Gasteiger partial charge in [0, 0.05) is 11.4 Å². The maximum Gasteiger partial charge on any atom is 0.0545 e. The van der Waals surface area contributed by atoms with E-state index in [1.807, 2.05) is 23.9 Å². The zero-order valence-electron chi connectivity index (χ0n) is 8.42. The molecule has 0 unspecified atom stereocenters. The van der Waals surface area contributed by atoms with Crippen LogP contribution in [0.3, 0.4) is 0 Å². The van der Waals surface area contributed by atoms with Crippen molar-refractivity contribution in [2.24, 2.45) is 5.73 Å². The Hall–Kier alpha value is -0.180. The summed E-state index contributed by atoms with van der Waals surface area (Å²) in [4.78, 5) is 1.16. The molecule has 0 aliphatic rings. The van der Waals surface area contributed by atoms with Crippen LogP contribution in [0.1, 0.15) is 25.3 Å². The number of hydrogen-bond acceptors (Lipinski definition) is 2. The predicted molar refractivity (Wildman–Crippen MR) is 65.0 cm³/mol. The highest BCUT2D eigenvalue weighted by Gasteiger charge is 2.01. The van der Waals surface area contributed by atoms with Gasteiger partial charge in [0.15, 0.2) is 0 Å². The molecule has 1 aromatic rings. The Labute approximate surface area is 95.0 Å². The molecule has 0 aliphatic carbocycles. The second kappa shape index (κ2) is 6.33. The van der Waals surface area contributed by atoms with E-state index >= 15 is 0 Å². The summed E-state index contributed by atoms with van der Waals surface area (Å²) in [7, 11) is 0. The van der Waals surface area contributed by atoms with Gasteiger partial charge >= 0.3 is 0 Å². The van der Waals surface area contributed by atoms with E-state index in [1.165, 1.54) is 12.8 Å². The largest absolute Gasteiger partial charge is 0.326 e. The summed E-state index contributed by atoms with van der Waals surface area (Å²) in [6, 6.07) is 6.06. The van der Waals surface area contributed by atoms with Crippen LogP contribution in [-0.2, 0) is 6.54 Å². The van der Waals surface area contributed by atoms with Crippen LogP contribution in [-0.4, -0.2) is 5.75 Å². The first kappa shape index (κ1) is 11.9. The molecular weight excluding hydrogens is 214 g/mol. The highest BCUT2D eigenvalue weighted by molar-refractivity contribution is 7.99. The van der Waals surface area contributed by atoms with E-state index in [0.29, 0.717) is 6.54 Å². The lowest BCUT2D eigenvalue weighted by Gasteiger charge is -2.05. The summed E-state index contributed by atoms with van der Waals surface area (Å²) in [6.45, 7) is 2.75. The molecule has 0 amide bonds. The van der Waals surface area contributed by atoms with E-state index in [0.717, 1.165) is 21.2 Å². The maximum atomic E-state index is 6.11. The van der Waals surface area contributed by atoms with E-state index in [4.69, 9.17) is 17.3 Å². The summed E-state index contributed by atoms with van der Waals surface area (Å²) in [5.74, 6) is 1.14. The van der Waals surface area contributed by atoms with Crippen molar-refractivity contribution in [1.82, 2.24) is 0 Å². The van der Waals surface area contributed by atoms with Gasteiger partial charge in [-0.2, -0.15) is 0 Å². The summed E-state index contributed by atoms with van der Waals surface area (Å²) in [5.41, 5.74) is 6.62. The summed E-state index contributed by atoms with van der Waals surface area (Å²) >= 11 is 7.93. The molecule has 1 aromatic carbocycles. The van der Waals surface area contributed by atoms with Gasteiger partial charge in [-0.1, -0.05) is 31.0 Å². The maximum absolute atomic E-state index is 6.11. The van der Waals surface area contributed by atoms with E-state index < -0.39 is 0 Å². The highest BCUT2D eigenvalue weighted by Crippen LogP contribution is 2.28. The minimum absolute atomic E-state index is 0.555. The van der Waals surface area contributed by atoms with Crippen molar-refractivity contribution >= 4 is 23.4 Å². The Kier molecular flexibility index (Phi) is 5.38. The molecule has 0 spiro atoms. The number of benzene rings is 1. The molecule has 2 N–H and O–H groups in total. The van der Waals surface area contributed by atoms with Gasteiger partial charge in [-0.3, -0.25) is 0 Å². The molecule has 0 saturated carbocycles. The standard InChI is InChI=1S/C11H16ClNS/c1-2-3-6-14-11-5-4-9(8-13)7-10(11)12/h4-5,7H,2-3,6,8,13H2,1H3. The van der Waals surface area contributed by atoms with Gasteiger partial charge < -0.3 is 5.73 Å². The fourth-order valence-electron chi connectivity index (χ4n) is 1.11. The van der Waals surface area contributed by atoms with Gasteiger partial charge in [0.1, 0.15) is 0 Å². The second-order valence-corrected chi connectivity index (χ2v) is 4.71. The van der Waals surface area contributed by atoms with Crippen LogP contribution < -0.4 is 5.73 Å². The quantitative estimate of drug-likeness (QED) is 0.616. The minimum Gasteiger partial charge on any atom is -0.326 e. The fourth-order valence-corrected chi connectivity index (χ4v) is 2.50. The smallest absolute Gasteiger partial charge is 0.0545 e. The SMILES string of the molecule is CCCCSc1ccc(CN)cc1Cl. The van der Waals surface area contributed by atoms with Crippen molar-refractivity contribution in [2.45, 2.75) is 31.2 Å². The zero-order valence-corrected chi connectivity index (χ0v) is 10.00. The van der Waals surface area contributed by atoms with Gasteiger partial charge in [-0.05, 0) is 29.9 Å². The van der Waals surface area contributed by atoms with Crippen LogP contribution in [0.5, 0.6) is 0 Å². The molecule has 0 saturated heterocycles. The third-order valence-electron chi connectivity index (χ3n) is 1.99. The van der Waals surface area contributed by atoms with E-state index in [1.54, 1.807) is 0 Å². The van der Waals surface area contributed by atoms with Gasteiger partial charge in [0.25, 0.3) is 0 Å². The lowest BCUT2D eigenvalue weighted by Crippen LogP contribution is -1.95. The van der Waals surface area contributed by atoms with Crippen molar-refractivity contribution < 1.29 is 0 Å². The minimum atomic E-state index is 0.555. The number of unbranched alkanes of at least 4 members (excludes halogenated alkanes) is 1. The van der Waals surface area contributed by atoms with Gasteiger partial charge in [-0.25, -0.2) is 0 Å². The number of nitrogens with two attached hydrogens (primary N) is 1. The molecule has 0 heterocycles. The third kappa shape index (κ3) is 3.52. The lowest BCUT2D eigenvalue weighted by atomic mass is 10.2. The van der Waals surface area contributed by atoms with Gasteiger partial charge in [-0.15, -0.1) is 11.8 Å². The van der Waals surface area contributed by atoms with Crippen LogP contribution in [0.4, 0.5) is 0 Å². The molecule has 1 nitrogen and oxygen atoms in total. The average Bonchev–Trinajstić information content (AvgIpc) is 2.20. The Morgan fingerprint density at radius 2 is 2.21 bits per heavy atom. The first-order valence-electron chi connectivity index (χ1n) is 4.89. The van der Waals surface area contributed by atoms with Gasteiger partial charge in [0.05, 0.1) is 5.02 Å². The molecule has 14 heavy (non-hydrogen) atoms. The van der Waals surface area contributed by atoms with Crippen molar-refractivity contribution in [3.05, 3.63) is 28.8 Å². The number of thioether (sulfide) groups is 1. The van der Waals surface area contributed by atoms with Crippen LogP contribution in [0.15, 0.2) is 23.1 Å². The summed E-state index contributed by atoms with van der Waals surface area (Å²) in [6.07, 6.45) is 2.46.